The Hall–Kier alpha value is -0.630. The van der Waals surface area contributed by atoms with Crippen molar-refractivity contribution in [3.8, 4) is 5.75 Å². The summed E-state index contributed by atoms with van der Waals surface area (Å²) in [5.74, 6) is 1.59. The van der Waals surface area contributed by atoms with Gasteiger partial charge in [0.15, 0.2) is 0 Å². The summed E-state index contributed by atoms with van der Waals surface area (Å²) >= 11 is 1.74. The monoisotopic (exact) mass is 210 g/mol. The molecule has 0 atom stereocenters. The number of hydrogen-bond donors (Lipinski definition) is 0. The minimum atomic E-state index is 0.575. The van der Waals surface area contributed by atoms with Crippen molar-refractivity contribution in [3.05, 3.63) is 23.8 Å². The normalized spacial score (nSPS) is 10.6. The van der Waals surface area contributed by atoms with Crippen LogP contribution < -0.4 is 4.74 Å². The van der Waals surface area contributed by atoms with Crippen LogP contribution in [-0.2, 0) is 0 Å². The molecule has 1 nitrogen and oxygen atoms in total. The molecule has 0 aliphatic heterocycles. The molecule has 0 saturated carbocycles. The molecule has 0 radical (unpaired) electrons. The maximum atomic E-state index is 5.72. The Morgan fingerprint density at radius 2 is 2.07 bits per heavy atom. The van der Waals surface area contributed by atoms with E-state index < -0.39 is 0 Å². The predicted molar refractivity (Wildman–Crippen MR) is 63.3 cm³/mol. The van der Waals surface area contributed by atoms with E-state index in [9.17, 15) is 0 Å². The van der Waals surface area contributed by atoms with Crippen LogP contribution in [0.1, 0.15) is 19.4 Å². The second kappa shape index (κ2) is 5.30. The van der Waals surface area contributed by atoms with Gasteiger partial charge in [-0.2, -0.15) is 0 Å². The highest BCUT2D eigenvalue weighted by molar-refractivity contribution is 7.98. The second-order valence-corrected chi connectivity index (χ2v) is 4.71. The topological polar surface area (TPSA) is 9.23 Å². The average molecular weight is 210 g/mol. The van der Waals surface area contributed by atoms with Crippen LogP contribution >= 0.6 is 11.8 Å². The van der Waals surface area contributed by atoms with Crippen LogP contribution in [0.25, 0.3) is 0 Å². The molecule has 0 unspecified atom stereocenters. The summed E-state index contributed by atoms with van der Waals surface area (Å²) in [4.78, 5) is 1.23. The van der Waals surface area contributed by atoms with E-state index >= 15 is 0 Å². The SMILES string of the molecule is CSc1cc(C)ccc1OCC(C)C. The van der Waals surface area contributed by atoms with Crippen LogP contribution in [0.5, 0.6) is 5.75 Å². The Morgan fingerprint density at radius 3 is 2.64 bits per heavy atom. The first-order valence-electron chi connectivity index (χ1n) is 4.91. The van der Waals surface area contributed by atoms with Crippen molar-refractivity contribution in [2.75, 3.05) is 12.9 Å². The van der Waals surface area contributed by atoms with Crippen molar-refractivity contribution >= 4 is 11.8 Å². The third-order valence-corrected chi connectivity index (χ3v) is 2.65. The third-order valence-electron chi connectivity index (χ3n) is 1.89. The molecule has 1 rings (SSSR count). The van der Waals surface area contributed by atoms with Crippen molar-refractivity contribution in [1.82, 2.24) is 0 Å². The van der Waals surface area contributed by atoms with Gasteiger partial charge in [-0.3, -0.25) is 0 Å². The molecule has 0 bridgehead atoms. The van der Waals surface area contributed by atoms with Gasteiger partial charge in [0.05, 0.1) is 6.61 Å². The summed E-state index contributed by atoms with van der Waals surface area (Å²) in [5, 5.41) is 0. The molecule has 0 aliphatic carbocycles. The first-order chi connectivity index (χ1) is 6.63. The molecule has 0 N–H and O–H groups in total. The second-order valence-electron chi connectivity index (χ2n) is 3.86. The minimum absolute atomic E-state index is 0.575. The fourth-order valence-electron chi connectivity index (χ4n) is 1.15. The van der Waals surface area contributed by atoms with E-state index in [2.05, 4.69) is 45.2 Å². The van der Waals surface area contributed by atoms with E-state index in [1.165, 1.54) is 10.5 Å². The van der Waals surface area contributed by atoms with E-state index in [0.717, 1.165) is 12.4 Å². The molecule has 0 aliphatic rings. The fourth-order valence-corrected chi connectivity index (χ4v) is 1.78. The van der Waals surface area contributed by atoms with Crippen molar-refractivity contribution in [3.63, 3.8) is 0 Å². The van der Waals surface area contributed by atoms with Gasteiger partial charge in [0.2, 0.25) is 0 Å². The zero-order valence-electron chi connectivity index (χ0n) is 9.33. The lowest BCUT2D eigenvalue weighted by molar-refractivity contribution is 0.265. The van der Waals surface area contributed by atoms with Gasteiger partial charge >= 0.3 is 0 Å². The lowest BCUT2D eigenvalue weighted by atomic mass is 10.2. The Morgan fingerprint density at radius 1 is 1.36 bits per heavy atom. The van der Waals surface area contributed by atoms with Gasteiger partial charge in [0.25, 0.3) is 0 Å². The molecular formula is C12H18OS. The van der Waals surface area contributed by atoms with Crippen molar-refractivity contribution in [2.45, 2.75) is 25.7 Å². The fraction of sp³-hybridized carbons (Fsp3) is 0.500. The van der Waals surface area contributed by atoms with Gasteiger partial charge in [-0.15, -0.1) is 11.8 Å². The first-order valence-corrected chi connectivity index (χ1v) is 6.13. The van der Waals surface area contributed by atoms with E-state index in [4.69, 9.17) is 4.74 Å². The van der Waals surface area contributed by atoms with Gasteiger partial charge in [-0.05, 0) is 36.8 Å². The Bertz CT molecular complexity index is 294. The molecular weight excluding hydrogens is 192 g/mol. The summed E-state index contributed by atoms with van der Waals surface area (Å²) in [7, 11) is 0. The summed E-state index contributed by atoms with van der Waals surface area (Å²) in [6, 6.07) is 6.32. The molecule has 0 amide bonds. The van der Waals surface area contributed by atoms with E-state index in [1.807, 2.05) is 0 Å². The number of hydrogen-bond acceptors (Lipinski definition) is 2. The third kappa shape index (κ3) is 3.26. The highest BCUT2D eigenvalue weighted by atomic mass is 32.2. The summed E-state index contributed by atoms with van der Waals surface area (Å²) in [6.07, 6.45) is 2.08. The largest absolute Gasteiger partial charge is 0.492 e. The Balaban J connectivity index is 2.75. The van der Waals surface area contributed by atoms with Gasteiger partial charge in [0.1, 0.15) is 5.75 Å². The van der Waals surface area contributed by atoms with Crippen molar-refractivity contribution in [1.29, 1.82) is 0 Å². The molecule has 0 heterocycles. The van der Waals surface area contributed by atoms with Gasteiger partial charge in [0, 0.05) is 4.90 Å². The zero-order valence-corrected chi connectivity index (χ0v) is 10.1. The van der Waals surface area contributed by atoms with Crippen molar-refractivity contribution in [2.24, 2.45) is 5.92 Å². The smallest absolute Gasteiger partial charge is 0.132 e. The lowest BCUT2D eigenvalue weighted by Crippen LogP contribution is -2.05. The number of benzene rings is 1. The van der Waals surface area contributed by atoms with Crippen LogP contribution in [0.3, 0.4) is 0 Å². The quantitative estimate of drug-likeness (QED) is 0.700. The van der Waals surface area contributed by atoms with Gasteiger partial charge < -0.3 is 4.74 Å². The summed E-state index contributed by atoms with van der Waals surface area (Å²) < 4.78 is 5.72. The van der Waals surface area contributed by atoms with E-state index in [0.29, 0.717) is 5.92 Å². The Labute approximate surface area is 90.9 Å². The predicted octanol–water partition coefficient (Wildman–Crippen LogP) is 3.75. The molecule has 2 heteroatoms. The molecule has 0 aromatic heterocycles. The van der Waals surface area contributed by atoms with E-state index in [-0.39, 0.29) is 0 Å². The molecule has 1 aromatic rings. The molecule has 1 aromatic carbocycles. The number of aryl methyl sites for hydroxylation is 1. The van der Waals surface area contributed by atoms with Crippen LogP contribution in [-0.4, -0.2) is 12.9 Å². The molecule has 78 valence electrons. The zero-order chi connectivity index (χ0) is 10.6. The first kappa shape index (κ1) is 11.4. The highest BCUT2D eigenvalue weighted by Crippen LogP contribution is 2.28. The molecule has 14 heavy (non-hydrogen) atoms. The molecule has 0 saturated heterocycles. The highest BCUT2D eigenvalue weighted by Gasteiger charge is 2.03. The number of rotatable bonds is 4. The van der Waals surface area contributed by atoms with Crippen LogP contribution in [0.15, 0.2) is 23.1 Å². The number of ether oxygens (including phenoxy) is 1. The minimum Gasteiger partial charge on any atom is -0.492 e. The Kier molecular flexibility index (Phi) is 4.33. The lowest BCUT2D eigenvalue weighted by Gasteiger charge is -2.12. The van der Waals surface area contributed by atoms with E-state index in [1.54, 1.807) is 11.8 Å². The van der Waals surface area contributed by atoms with Gasteiger partial charge in [-0.25, -0.2) is 0 Å². The number of thioether (sulfide) groups is 1. The maximum Gasteiger partial charge on any atom is 0.132 e. The maximum absolute atomic E-state index is 5.72. The molecule has 0 spiro atoms. The van der Waals surface area contributed by atoms with Gasteiger partial charge in [-0.1, -0.05) is 19.9 Å². The molecule has 0 fully saturated rings. The van der Waals surface area contributed by atoms with Crippen molar-refractivity contribution < 1.29 is 4.74 Å². The van der Waals surface area contributed by atoms with Crippen LogP contribution in [0.4, 0.5) is 0 Å². The standard InChI is InChI=1S/C12H18OS/c1-9(2)8-13-11-6-5-10(3)7-12(11)14-4/h5-7,9H,8H2,1-4H3. The van der Waals surface area contributed by atoms with Crippen LogP contribution in [0.2, 0.25) is 0 Å². The van der Waals surface area contributed by atoms with Crippen LogP contribution in [0, 0.1) is 12.8 Å². The summed E-state index contributed by atoms with van der Waals surface area (Å²) in [6.45, 7) is 7.21. The average Bonchev–Trinajstić information content (AvgIpc) is 2.15. The summed E-state index contributed by atoms with van der Waals surface area (Å²) in [5.41, 5.74) is 1.28.